The van der Waals surface area contributed by atoms with Crippen LogP contribution in [-0.2, 0) is 0 Å². The fourth-order valence-electron chi connectivity index (χ4n) is 2.53. The molecule has 0 amide bonds. The third kappa shape index (κ3) is 2.46. The largest absolute Gasteiger partial charge is 0.494 e. The monoisotopic (exact) mass is 256 g/mol. The lowest BCUT2D eigenvalue weighted by Gasteiger charge is -2.26. The summed E-state index contributed by atoms with van der Waals surface area (Å²) in [5.74, 6) is 1.20. The van der Waals surface area contributed by atoms with Crippen molar-refractivity contribution in [3.8, 4) is 5.75 Å². The summed E-state index contributed by atoms with van der Waals surface area (Å²) in [7, 11) is -1.51. The lowest BCUT2D eigenvalue weighted by atomic mass is 9.76. The van der Waals surface area contributed by atoms with E-state index < -0.39 is 7.12 Å². The highest BCUT2D eigenvalue weighted by Gasteiger charge is 2.23. The van der Waals surface area contributed by atoms with Gasteiger partial charge in [-0.15, -0.1) is 0 Å². The van der Waals surface area contributed by atoms with Crippen molar-refractivity contribution in [2.45, 2.75) is 19.3 Å². The first kappa shape index (κ1) is 12.5. The van der Waals surface area contributed by atoms with Gasteiger partial charge in [0.05, 0.1) is 6.61 Å². The van der Waals surface area contributed by atoms with Gasteiger partial charge in [-0.25, -0.2) is 0 Å². The second-order valence-electron chi connectivity index (χ2n) is 5.18. The molecule has 2 aromatic carbocycles. The van der Waals surface area contributed by atoms with Crippen LogP contribution in [0.4, 0.5) is 0 Å². The molecule has 0 bridgehead atoms. The molecule has 0 heterocycles. The Morgan fingerprint density at radius 1 is 1.11 bits per heavy atom. The fourth-order valence-corrected chi connectivity index (χ4v) is 2.53. The van der Waals surface area contributed by atoms with E-state index in [2.05, 4.69) is 0 Å². The standard InChI is InChI=1S/C15H17BO3/c17-16(18)15-13-7-2-1-6-12(13)8-9-14(15)19-10-11-4-3-5-11/h1-2,6-9,11,17-18H,3-5,10H2. The third-order valence-corrected chi connectivity index (χ3v) is 3.89. The molecular weight excluding hydrogens is 239 g/mol. The zero-order valence-corrected chi connectivity index (χ0v) is 10.7. The minimum Gasteiger partial charge on any atom is -0.494 e. The Kier molecular flexibility index (Phi) is 3.45. The molecular formula is C15H17BO3. The summed E-state index contributed by atoms with van der Waals surface area (Å²) < 4.78 is 5.79. The number of ether oxygens (including phenoxy) is 1. The van der Waals surface area contributed by atoms with Gasteiger partial charge in [0.2, 0.25) is 0 Å². The zero-order valence-electron chi connectivity index (χ0n) is 10.7. The van der Waals surface area contributed by atoms with E-state index in [1.165, 1.54) is 19.3 Å². The van der Waals surface area contributed by atoms with Crippen LogP contribution in [0.3, 0.4) is 0 Å². The molecule has 0 atom stereocenters. The minimum absolute atomic E-state index is 0.470. The topological polar surface area (TPSA) is 49.7 Å². The Bertz CT molecular complexity index is 579. The molecule has 0 aliphatic heterocycles. The maximum Gasteiger partial charge on any atom is 0.492 e. The van der Waals surface area contributed by atoms with Crippen molar-refractivity contribution >= 4 is 23.4 Å². The zero-order chi connectivity index (χ0) is 13.2. The molecule has 19 heavy (non-hydrogen) atoms. The summed E-state index contributed by atoms with van der Waals surface area (Å²) in [6.07, 6.45) is 3.70. The van der Waals surface area contributed by atoms with E-state index in [0.717, 1.165) is 10.8 Å². The maximum atomic E-state index is 9.61. The molecule has 0 aromatic heterocycles. The van der Waals surface area contributed by atoms with Gasteiger partial charge in [0.25, 0.3) is 0 Å². The van der Waals surface area contributed by atoms with Crippen LogP contribution >= 0.6 is 0 Å². The highest BCUT2D eigenvalue weighted by atomic mass is 16.5. The summed E-state index contributed by atoms with van der Waals surface area (Å²) in [5.41, 5.74) is 0.470. The molecule has 1 aliphatic carbocycles. The SMILES string of the molecule is OB(O)c1c(OCC2CCC2)ccc2ccccc12. The van der Waals surface area contributed by atoms with Gasteiger partial charge in [0, 0.05) is 5.46 Å². The first-order chi connectivity index (χ1) is 9.25. The van der Waals surface area contributed by atoms with Gasteiger partial charge in [-0.05, 0) is 35.6 Å². The molecule has 1 aliphatic rings. The average molecular weight is 256 g/mol. The Morgan fingerprint density at radius 2 is 1.89 bits per heavy atom. The molecule has 3 rings (SSSR count). The molecule has 0 saturated heterocycles. The van der Waals surface area contributed by atoms with Crippen molar-refractivity contribution in [1.82, 2.24) is 0 Å². The van der Waals surface area contributed by atoms with Crippen LogP contribution in [-0.4, -0.2) is 23.8 Å². The molecule has 0 radical (unpaired) electrons. The molecule has 0 unspecified atom stereocenters. The Labute approximate surface area is 113 Å². The number of hydrogen-bond acceptors (Lipinski definition) is 3. The van der Waals surface area contributed by atoms with Crippen LogP contribution in [0.1, 0.15) is 19.3 Å². The number of benzene rings is 2. The third-order valence-electron chi connectivity index (χ3n) is 3.89. The smallest absolute Gasteiger partial charge is 0.492 e. The van der Waals surface area contributed by atoms with Crippen molar-refractivity contribution in [3.05, 3.63) is 36.4 Å². The normalized spacial score (nSPS) is 15.3. The summed E-state index contributed by atoms with van der Waals surface area (Å²) in [6, 6.07) is 11.5. The number of rotatable bonds is 4. The predicted octanol–water partition coefficient (Wildman–Crippen LogP) is 1.70. The molecule has 4 heteroatoms. The summed E-state index contributed by atoms with van der Waals surface area (Å²) in [6.45, 7) is 0.665. The van der Waals surface area contributed by atoms with Gasteiger partial charge in [-0.2, -0.15) is 0 Å². The molecule has 98 valence electrons. The van der Waals surface area contributed by atoms with Crippen LogP contribution in [0.25, 0.3) is 10.8 Å². The maximum absolute atomic E-state index is 9.61. The van der Waals surface area contributed by atoms with Gasteiger partial charge < -0.3 is 14.8 Å². The van der Waals surface area contributed by atoms with Crippen molar-refractivity contribution < 1.29 is 14.8 Å². The van der Waals surface area contributed by atoms with Crippen LogP contribution in [0.5, 0.6) is 5.75 Å². The fraction of sp³-hybridized carbons (Fsp3) is 0.333. The van der Waals surface area contributed by atoms with Gasteiger partial charge in [0.1, 0.15) is 5.75 Å². The van der Waals surface area contributed by atoms with Gasteiger partial charge in [-0.1, -0.05) is 36.8 Å². The first-order valence-electron chi connectivity index (χ1n) is 6.76. The summed E-state index contributed by atoms with van der Waals surface area (Å²) >= 11 is 0. The van der Waals surface area contributed by atoms with E-state index in [9.17, 15) is 10.0 Å². The summed E-state index contributed by atoms with van der Waals surface area (Å²) in [4.78, 5) is 0. The highest BCUT2D eigenvalue weighted by Crippen LogP contribution is 2.27. The molecule has 1 fully saturated rings. The quantitative estimate of drug-likeness (QED) is 0.818. The molecule has 2 aromatic rings. The van der Waals surface area contributed by atoms with Crippen molar-refractivity contribution in [3.63, 3.8) is 0 Å². The Morgan fingerprint density at radius 3 is 2.58 bits per heavy atom. The highest BCUT2D eigenvalue weighted by molar-refractivity contribution is 6.63. The lowest BCUT2D eigenvalue weighted by molar-refractivity contribution is 0.181. The number of fused-ring (bicyclic) bond motifs is 1. The van der Waals surface area contributed by atoms with Crippen molar-refractivity contribution in [1.29, 1.82) is 0 Å². The summed E-state index contributed by atoms with van der Waals surface area (Å²) in [5, 5.41) is 21.1. The second-order valence-corrected chi connectivity index (χ2v) is 5.18. The average Bonchev–Trinajstić information content (AvgIpc) is 2.36. The van der Waals surface area contributed by atoms with Crippen LogP contribution in [0, 0.1) is 5.92 Å². The Balaban J connectivity index is 1.95. The van der Waals surface area contributed by atoms with E-state index >= 15 is 0 Å². The van der Waals surface area contributed by atoms with E-state index in [1.54, 1.807) is 0 Å². The van der Waals surface area contributed by atoms with E-state index in [-0.39, 0.29) is 0 Å². The van der Waals surface area contributed by atoms with Gasteiger partial charge in [-0.3, -0.25) is 0 Å². The molecule has 0 spiro atoms. The van der Waals surface area contributed by atoms with E-state index in [4.69, 9.17) is 4.74 Å². The Hall–Kier alpha value is -1.52. The lowest BCUT2D eigenvalue weighted by Crippen LogP contribution is -2.33. The molecule has 1 saturated carbocycles. The first-order valence-corrected chi connectivity index (χ1v) is 6.76. The van der Waals surface area contributed by atoms with Crippen molar-refractivity contribution in [2.24, 2.45) is 5.92 Å². The van der Waals surface area contributed by atoms with Crippen molar-refractivity contribution in [2.75, 3.05) is 6.61 Å². The molecule has 3 nitrogen and oxygen atoms in total. The minimum atomic E-state index is -1.51. The van der Waals surface area contributed by atoms with Gasteiger partial charge in [0.15, 0.2) is 0 Å². The van der Waals surface area contributed by atoms with Gasteiger partial charge >= 0.3 is 7.12 Å². The molecule has 2 N–H and O–H groups in total. The van der Waals surface area contributed by atoms with E-state index in [1.807, 2.05) is 36.4 Å². The van der Waals surface area contributed by atoms with Crippen LogP contribution in [0.15, 0.2) is 36.4 Å². The van der Waals surface area contributed by atoms with Crippen LogP contribution in [0.2, 0.25) is 0 Å². The van der Waals surface area contributed by atoms with E-state index in [0.29, 0.717) is 23.7 Å². The predicted molar refractivity (Wildman–Crippen MR) is 76.6 cm³/mol. The van der Waals surface area contributed by atoms with Crippen LogP contribution < -0.4 is 10.2 Å². The number of hydrogen-bond donors (Lipinski definition) is 2. The second kappa shape index (κ2) is 5.23.